The SMILES string of the molecule is CCOc1ccccc1NC(=O)CCN1C(=O)[C@@H]2[C@H](C1=O)C1(Cl)c3ccccc3C2(Cl)c2ccccc21. The highest BCUT2D eigenvalue weighted by molar-refractivity contribution is 6.36. The predicted molar refractivity (Wildman–Crippen MR) is 141 cm³/mol. The van der Waals surface area contributed by atoms with Gasteiger partial charge in [-0.3, -0.25) is 19.3 Å². The second kappa shape index (κ2) is 8.61. The summed E-state index contributed by atoms with van der Waals surface area (Å²) in [7, 11) is 0. The number of amides is 3. The van der Waals surface area contributed by atoms with E-state index in [0.29, 0.717) is 18.0 Å². The minimum Gasteiger partial charge on any atom is -0.492 e. The number of alkyl halides is 2. The number of para-hydroxylation sites is 2. The normalized spacial score (nSPS) is 26.9. The lowest BCUT2D eigenvalue weighted by molar-refractivity contribution is -0.140. The number of carbonyl (C=O) groups is 3. The molecule has 1 aliphatic heterocycles. The first kappa shape index (κ1) is 24.0. The van der Waals surface area contributed by atoms with Gasteiger partial charge in [-0.15, -0.1) is 23.2 Å². The summed E-state index contributed by atoms with van der Waals surface area (Å²) in [6, 6.07) is 22.1. The standard InChI is InChI=1S/C29H24Cl2N2O4/c1-2-37-22-14-8-7-13-21(22)32-23(34)15-16-33-26(35)24-25(27(33)36)29(31)18-10-4-3-9-17(18)28(24,30)19-11-5-6-12-20(19)29/h3-14,24-25H,2,15-16H2,1H3,(H,32,34)/t24-,25+,28?,29?. The number of benzene rings is 3. The summed E-state index contributed by atoms with van der Waals surface area (Å²) in [5, 5.41) is 2.82. The van der Waals surface area contributed by atoms with Gasteiger partial charge in [0.25, 0.3) is 0 Å². The molecule has 3 aromatic carbocycles. The fourth-order valence-corrected chi connectivity index (χ4v) is 7.32. The van der Waals surface area contributed by atoms with E-state index in [1.807, 2.05) is 61.5 Å². The first-order chi connectivity index (χ1) is 17.8. The van der Waals surface area contributed by atoms with Gasteiger partial charge in [-0.2, -0.15) is 0 Å². The van der Waals surface area contributed by atoms with Crippen LogP contribution in [0.3, 0.4) is 0 Å². The number of hydrogen-bond donors (Lipinski definition) is 1. The van der Waals surface area contributed by atoms with E-state index in [0.717, 1.165) is 27.2 Å². The molecule has 2 atom stereocenters. The Hall–Kier alpha value is -3.35. The summed E-state index contributed by atoms with van der Waals surface area (Å²) in [6.45, 7) is 2.25. The predicted octanol–water partition coefficient (Wildman–Crippen LogP) is 5.01. The van der Waals surface area contributed by atoms with Crippen molar-refractivity contribution in [3.8, 4) is 5.75 Å². The summed E-state index contributed by atoms with van der Waals surface area (Å²) in [5.74, 6) is -2.32. The quantitative estimate of drug-likeness (QED) is 0.356. The molecule has 1 saturated heterocycles. The molecule has 1 fully saturated rings. The molecule has 1 N–H and O–H groups in total. The summed E-state index contributed by atoms with van der Waals surface area (Å²) in [4.78, 5) is 39.2. The molecule has 6 nitrogen and oxygen atoms in total. The lowest BCUT2D eigenvalue weighted by Crippen LogP contribution is -2.57. The van der Waals surface area contributed by atoms with Crippen LogP contribution in [0.15, 0.2) is 72.8 Å². The van der Waals surface area contributed by atoms with Crippen molar-refractivity contribution in [3.05, 3.63) is 95.1 Å². The zero-order chi connectivity index (χ0) is 25.9. The number of anilines is 1. The Labute approximate surface area is 224 Å². The number of halogens is 2. The molecular weight excluding hydrogens is 511 g/mol. The van der Waals surface area contributed by atoms with Gasteiger partial charge < -0.3 is 10.1 Å². The maximum atomic E-state index is 13.8. The van der Waals surface area contributed by atoms with Crippen LogP contribution in [0.5, 0.6) is 5.75 Å². The zero-order valence-corrected chi connectivity index (χ0v) is 21.6. The van der Waals surface area contributed by atoms with Crippen molar-refractivity contribution < 1.29 is 19.1 Å². The fourth-order valence-electron chi connectivity index (χ4n) is 6.22. The number of nitrogens with one attached hydrogen (secondary N) is 1. The van der Waals surface area contributed by atoms with Gasteiger partial charge >= 0.3 is 0 Å². The van der Waals surface area contributed by atoms with Crippen molar-refractivity contribution in [3.63, 3.8) is 0 Å². The molecule has 188 valence electrons. The molecule has 2 bridgehead atoms. The molecule has 3 amide bonds. The molecular formula is C29H24Cl2N2O4. The molecule has 3 aliphatic carbocycles. The van der Waals surface area contributed by atoms with Gasteiger partial charge in [-0.05, 0) is 41.3 Å². The van der Waals surface area contributed by atoms with Crippen LogP contribution in [-0.4, -0.2) is 35.8 Å². The van der Waals surface area contributed by atoms with Gasteiger partial charge in [0.05, 0.1) is 24.1 Å². The number of nitrogens with zero attached hydrogens (tertiary/aromatic N) is 1. The van der Waals surface area contributed by atoms with Crippen LogP contribution < -0.4 is 10.1 Å². The highest BCUT2D eigenvalue weighted by Gasteiger charge is 2.72. The van der Waals surface area contributed by atoms with Gasteiger partial charge in [-0.25, -0.2) is 0 Å². The molecule has 0 saturated carbocycles. The molecule has 0 spiro atoms. The number of hydrogen-bond acceptors (Lipinski definition) is 4. The zero-order valence-electron chi connectivity index (χ0n) is 20.0. The molecule has 0 unspecified atom stereocenters. The van der Waals surface area contributed by atoms with Crippen molar-refractivity contribution in [1.82, 2.24) is 4.90 Å². The first-order valence-corrected chi connectivity index (χ1v) is 13.0. The van der Waals surface area contributed by atoms with Crippen LogP contribution in [-0.2, 0) is 24.1 Å². The van der Waals surface area contributed by atoms with Gasteiger partial charge in [0.1, 0.15) is 15.5 Å². The van der Waals surface area contributed by atoms with E-state index in [4.69, 9.17) is 27.9 Å². The van der Waals surface area contributed by atoms with Crippen LogP contribution >= 0.6 is 23.2 Å². The lowest BCUT2D eigenvalue weighted by atomic mass is 9.54. The largest absolute Gasteiger partial charge is 0.492 e. The average molecular weight is 535 g/mol. The summed E-state index contributed by atoms with van der Waals surface area (Å²) in [6.07, 6.45) is -0.0676. The Bertz CT molecular complexity index is 1330. The Balaban J connectivity index is 1.31. The summed E-state index contributed by atoms with van der Waals surface area (Å²) in [5.41, 5.74) is 3.53. The average Bonchev–Trinajstić information content (AvgIpc) is 3.17. The Morgan fingerprint density at radius 2 is 1.30 bits per heavy atom. The summed E-state index contributed by atoms with van der Waals surface area (Å²) >= 11 is 14.8. The van der Waals surface area contributed by atoms with Crippen molar-refractivity contribution in [2.45, 2.75) is 23.1 Å². The Morgan fingerprint density at radius 1 is 0.838 bits per heavy atom. The molecule has 7 rings (SSSR count). The first-order valence-electron chi connectivity index (χ1n) is 12.3. The molecule has 0 aromatic heterocycles. The van der Waals surface area contributed by atoms with E-state index in [2.05, 4.69) is 5.32 Å². The van der Waals surface area contributed by atoms with E-state index in [1.165, 1.54) is 0 Å². The molecule has 8 heteroatoms. The van der Waals surface area contributed by atoms with Gasteiger partial charge in [0.2, 0.25) is 17.7 Å². The third kappa shape index (κ3) is 3.22. The number of ether oxygens (including phenoxy) is 1. The van der Waals surface area contributed by atoms with E-state index >= 15 is 0 Å². The van der Waals surface area contributed by atoms with Gasteiger partial charge in [-0.1, -0.05) is 60.7 Å². The molecule has 37 heavy (non-hydrogen) atoms. The van der Waals surface area contributed by atoms with E-state index in [-0.39, 0.29) is 18.9 Å². The highest BCUT2D eigenvalue weighted by Crippen LogP contribution is 2.69. The van der Waals surface area contributed by atoms with Crippen molar-refractivity contribution in [2.75, 3.05) is 18.5 Å². The van der Waals surface area contributed by atoms with Crippen molar-refractivity contribution >= 4 is 46.6 Å². The van der Waals surface area contributed by atoms with Gasteiger partial charge in [0, 0.05) is 13.0 Å². The minimum atomic E-state index is -1.23. The number of imide groups is 1. The lowest BCUT2D eigenvalue weighted by Gasteiger charge is -2.54. The fraction of sp³-hybridized carbons (Fsp3) is 0.276. The number of carbonyl (C=O) groups excluding carboxylic acids is 3. The van der Waals surface area contributed by atoms with Gasteiger partial charge in [0.15, 0.2) is 0 Å². The third-order valence-corrected chi connectivity index (χ3v) is 8.98. The van der Waals surface area contributed by atoms with E-state index in [1.54, 1.807) is 18.2 Å². The number of rotatable bonds is 6. The van der Waals surface area contributed by atoms with Crippen LogP contribution in [0.2, 0.25) is 0 Å². The smallest absolute Gasteiger partial charge is 0.235 e. The monoisotopic (exact) mass is 534 g/mol. The molecule has 0 radical (unpaired) electrons. The van der Waals surface area contributed by atoms with E-state index in [9.17, 15) is 14.4 Å². The topological polar surface area (TPSA) is 75.7 Å². The maximum absolute atomic E-state index is 13.8. The highest BCUT2D eigenvalue weighted by atomic mass is 35.5. The summed E-state index contributed by atoms with van der Waals surface area (Å²) < 4.78 is 5.57. The van der Waals surface area contributed by atoms with Crippen LogP contribution in [0, 0.1) is 11.8 Å². The minimum absolute atomic E-state index is 0.0676. The van der Waals surface area contributed by atoms with Crippen molar-refractivity contribution in [1.29, 1.82) is 0 Å². The second-order valence-corrected chi connectivity index (χ2v) is 10.7. The van der Waals surface area contributed by atoms with Crippen LogP contribution in [0.1, 0.15) is 35.6 Å². The van der Waals surface area contributed by atoms with Crippen LogP contribution in [0.25, 0.3) is 0 Å². The molecule has 4 aliphatic rings. The number of likely N-dealkylation sites (tertiary alicyclic amines) is 1. The Morgan fingerprint density at radius 3 is 1.78 bits per heavy atom. The maximum Gasteiger partial charge on any atom is 0.235 e. The second-order valence-electron chi connectivity index (χ2n) is 9.53. The van der Waals surface area contributed by atoms with E-state index < -0.39 is 33.4 Å². The van der Waals surface area contributed by atoms with Crippen LogP contribution in [0.4, 0.5) is 5.69 Å². The molecule has 1 heterocycles. The molecule has 3 aromatic rings. The third-order valence-electron chi connectivity index (χ3n) is 7.70. The van der Waals surface area contributed by atoms with Crippen molar-refractivity contribution in [2.24, 2.45) is 11.8 Å². The Kier molecular flexibility index (Phi) is 5.58.